The van der Waals surface area contributed by atoms with Crippen molar-refractivity contribution >= 4 is 11.6 Å². The SMILES string of the molecule is OC1(C#CCl)CCC2(Cc3ccccc3)c3ccccc3CCC2C1. The molecule has 128 valence electrons. The minimum absolute atomic E-state index is 0.0937. The van der Waals surface area contributed by atoms with Gasteiger partial charge in [0.15, 0.2) is 0 Å². The molecule has 2 aliphatic carbocycles. The maximum Gasteiger partial charge on any atom is 0.127 e. The maximum absolute atomic E-state index is 10.9. The lowest BCUT2D eigenvalue weighted by atomic mass is 9.53. The number of hydrogen-bond donors (Lipinski definition) is 1. The van der Waals surface area contributed by atoms with Gasteiger partial charge in [-0.3, -0.25) is 0 Å². The Bertz CT molecular complexity index is 819. The normalized spacial score (nSPS) is 30.6. The molecule has 1 fully saturated rings. The second kappa shape index (κ2) is 6.52. The van der Waals surface area contributed by atoms with E-state index in [0.717, 1.165) is 25.7 Å². The summed E-state index contributed by atoms with van der Waals surface area (Å²) in [6, 6.07) is 19.6. The minimum atomic E-state index is -0.932. The van der Waals surface area contributed by atoms with Crippen LogP contribution in [0.1, 0.15) is 42.4 Å². The topological polar surface area (TPSA) is 20.2 Å². The summed E-state index contributed by atoms with van der Waals surface area (Å²) in [5.41, 5.74) is 3.49. The van der Waals surface area contributed by atoms with Crippen molar-refractivity contribution in [2.24, 2.45) is 5.92 Å². The Morgan fingerprint density at radius 3 is 2.60 bits per heavy atom. The molecule has 0 amide bonds. The zero-order chi connectivity index (χ0) is 17.3. The molecule has 4 rings (SSSR count). The zero-order valence-electron chi connectivity index (χ0n) is 14.3. The molecular formula is C23H23ClO. The number of rotatable bonds is 2. The Balaban J connectivity index is 1.78. The number of benzene rings is 2. The zero-order valence-corrected chi connectivity index (χ0v) is 15.1. The first-order valence-electron chi connectivity index (χ1n) is 9.13. The average molecular weight is 351 g/mol. The molecule has 1 nitrogen and oxygen atoms in total. The Kier molecular flexibility index (Phi) is 4.36. The summed E-state index contributed by atoms with van der Waals surface area (Å²) in [5, 5.41) is 13.3. The molecule has 3 atom stereocenters. The molecular weight excluding hydrogens is 328 g/mol. The summed E-state index contributed by atoms with van der Waals surface area (Å²) in [6.07, 6.45) is 5.57. The molecule has 0 bridgehead atoms. The summed E-state index contributed by atoms with van der Waals surface area (Å²) in [4.78, 5) is 0. The largest absolute Gasteiger partial charge is 0.378 e. The van der Waals surface area contributed by atoms with E-state index in [9.17, 15) is 5.11 Å². The first-order valence-corrected chi connectivity index (χ1v) is 9.51. The number of halogens is 1. The molecule has 0 spiro atoms. The van der Waals surface area contributed by atoms with Crippen LogP contribution in [0.25, 0.3) is 0 Å². The van der Waals surface area contributed by atoms with E-state index in [1.807, 2.05) is 0 Å². The molecule has 1 saturated carbocycles. The lowest BCUT2D eigenvalue weighted by Crippen LogP contribution is -2.50. The molecule has 3 unspecified atom stereocenters. The smallest absolute Gasteiger partial charge is 0.127 e. The van der Waals surface area contributed by atoms with E-state index in [1.54, 1.807) is 0 Å². The Morgan fingerprint density at radius 1 is 1.04 bits per heavy atom. The summed E-state index contributed by atoms with van der Waals surface area (Å²) in [5.74, 6) is 3.30. The van der Waals surface area contributed by atoms with Crippen LogP contribution in [0, 0.1) is 17.2 Å². The van der Waals surface area contributed by atoms with Crippen LogP contribution in [0.3, 0.4) is 0 Å². The van der Waals surface area contributed by atoms with E-state index >= 15 is 0 Å². The fourth-order valence-corrected chi connectivity index (χ4v) is 5.29. The maximum atomic E-state index is 10.9. The fraction of sp³-hybridized carbons (Fsp3) is 0.391. The van der Waals surface area contributed by atoms with Crippen LogP contribution >= 0.6 is 11.6 Å². The van der Waals surface area contributed by atoms with Gasteiger partial charge in [0.1, 0.15) is 5.60 Å². The number of fused-ring (bicyclic) bond motifs is 3. The Morgan fingerprint density at radius 2 is 1.80 bits per heavy atom. The molecule has 2 aliphatic rings. The van der Waals surface area contributed by atoms with Gasteiger partial charge in [-0.15, -0.1) is 0 Å². The number of aryl methyl sites for hydroxylation is 1. The summed E-state index contributed by atoms with van der Waals surface area (Å²) < 4.78 is 0. The van der Waals surface area contributed by atoms with Gasteiger partial charge in [0, 0.05) is 10.8 Å². The van der Waals surface area contributed by atoms with Gasteiger partial charge < -0.3 is 5.11 Å². The van der Waals surface area contributed by atoms with Crippen molar-refractivity contribution in [3.8, 4) is 11.3 Å². The summed E-state index contributed by atoms with van der Waals surface area (Å²) in [6.45, 7) is 0. The van der Waals surface area contributed by atoms with Crippen LogP contribution in [0.5, 0.6) is 0 Å². The fourth-order valence-electron chi connectivity index (χ4n) is 5.12. The molecule has 0 aromatic heterocycles. The highest BCUT2D eigenvalue weighted by Gasteiger charge is 2.51. The van der Waals surface area contributed by atoms with E-state index in [2.05, 4.69) is 65.9 Å². The number of hydrogen-bond acceptors (Lipinski definition) is 1. The van der Waals surface area contributed by atoms with Gasteiger partial charge in [0.2, 0.25) is 0 Å². The Hall–Kier alpha value is -1.75. The van der Waals surface area contributed by atoms with Gasteiger partial charge in [0.05, 0.1) is 0 Å². The first-order chi connectivity index (χ1) is 12.2. The highest BCUT2D eigenvalue weighted by molar-refractivity contribution is 6.30. The molecule has 2 aromatic rings. The van der Waals surface area contributed by atoms with Crippen molar-refractivity contribution in [3.63, 3.8) is 0 Å². The lowest BCUT2D eigenvalue weighted by molar-refractivity contribution is -0.00793. The third-order valence-corrected chi connectivity index (χ3v) is 6.40. The highest BCUT2D eigenvalue weighted by Crippen LogP contribution is 2.54. The van der Waals surface area contributed by atoms with E-state index in [1.165, 1.54) is 16.7 Å². The van der Waals surface area contributed by atoms with Crippen molar-refractivity contribution in [3.05, 3.63) is 71.3 Å². The molecule has 2 heteroatoms. The van der Waals surface area contributed by atoms with Gasteiger partial charge >= 0.3 is 0 Å². The summed E-state index contributed by atoms with van der Waals surface area (Å²) in [7, 11) is 0. The third-order valence-electron chi connectivity index (χ3n) is 6.31. The van der Waals surface area contributed by atoms with Gasteiger partial charge in [-0.2, -0.15) is 0 Å². The van der Waals surface area contributed by atoms with Gasteiger partial charge in [0.25, 0.3) is 0 Å². The molecule has 0 heterocycles. The predicted molar refractivity (Wildman–Crippen MR) is 103 cm³/mol. The van der Waals surface area contributed by atoms with Gasteiger partial charge in [-0.05, 0) is 72.7 Å². The number of aliphatic hydroxyl groups is 1. The van der Waals surface area contributed by atoms with E-state index in [-0.39, 0.29) is 5.41 Å². The Labute approximate surface area is 155 Å². The van der Waals surface area contributed by atoms with Crippen LogP contribution in [0.4, 0.5) is 0 Å². The van der Waals surface area contributed by atoms with Crippen LogP contribution < -0.4 is 0 Å². The van der Waals surface area contributed by atoms with Crippen LogP contribution in [-0.2, 0) is 18.3 Å². The van der Waals surface area contributed by atoms with Gasteiger partial charge in [-0.1, -0.05) is 60.5 Å². The molecule has 0 radical (unpaired) electrons. The summed E-state index contributed by atoms with van der Waals surface area (Å²) >= 11 is 5.62. The van der Waals surface area contributed by atoms with Crippen molar-refractivity contribution in [1.82, 2.24) is 0 Å². The van der Waals surface area contributed by atoms with Crippen LogP contribution in [-0.4, -0.2) is 10.7 Å². The van der Waals surface area contributed by atoms with E-state index < -0.39 is 5.60 Å². The van der Waals surface area contributed by atoms with Gasteiger partial charge in [-0.25, -0.2) is 0 Å². The van der Waals surface area contributed by atoms with Crippen molar-refractivity contribution in [2.45, 2.75) is 49.5 Å². The van der Waals surface area contributed by atoms with Crippen molar-refractivity contribution < 1.29 is 5.11 Å². The molecule has 0 saturated heterocycles. The minimum Gasteiger partial charge on any atom is -0.378 e. The quantitative estimate of drug-likeness (QED) is 0.768. The van der Waals surface area contributed by atoms with Crippen LogP contribution in [0.2, 0.25) is 0 Å². The molecule has 2 aromatic carbocycles. The standard InChI is InChI=1S/C23H23ClO/c24-15-14-22(25)12-13-23(16-18-6-2-1-3-7-18)20(17-22)11-10-19-8-4-5-9-21(19)23/h1-9,20,25H,10-13,16-17H2. The van der Waals surface area contributed by atoms with Crippen LogP contribution in [0.15, 0.2) is 54.6 Å². The van der Waals surface area contributed by atoms with Crippen molar-refractivity contribution in [2.75, 3.05) is 0 Å². The van der Waals surface area contributed by atoms with E-state index in [0.29, 0.717) is 18.8 Å². The second-order valence-electron chi connectivity index (χ2n) is 7.67. The first kappa shape index (κ1) is 16.7. The molecule has 0 aliphatic heterocycles. The predicted octanol–water partition coefficient (Wildman–Crippen LogP) is 4.84. The van der Waals surface area contributed by atoms with Crippen molar-refractivity contribution in [1.29, 1.82) is 0 Å². The van der Waals surface area contributed by atoms with E-state index in [4.69, 9.17) is 11.6 Å². The third kappa shape index (κ3) is 2.99. The molecule has 1 N–H and O–H groups in total. The lowest BCUT2D eigenvalue weighted by Gasteiger charge is -2.52. The monoisotopic (exact) mass is 350 g/mol. The highest BCUT2D eigenvalue weighted by atomic mass is 35.5. The average Bonchev–Trinajstić information content (AvgIpc) is 2.63. The molecule has 25 heavy (non-hydrogen) atoms. The second-order valence-corrected chi connectivity index (χ2v) is 7.86.